The Morgan fingerprint density at radius 1 is 1.35 bits per heavy atom. The average molecular weight is 275 g/mol. The molecule has 1 heterocycles. The highest BCUT2D eigenvalue weighted by Crippen LogP contribution is 2.37. The summed E-state index contributed by atoms with van der Waals surface area (Å²) in [5.74, 6) is 0.369. The van der Waals surface area contributed by atoms with E-state index >= 15 is 0 Å². The van der Waals surface area contributed by atoms with Gasteiger partial charge in [-0.25, -0.2) is 0 Å². The average Bonchev–Trinajstić information content (AvgIpc) is 2.88. The molecule has 2 fully saturated rings. The van der Waals surface area contributed by atoms with E-state index in [1.807, 2.05) is 11.0 Å². The van der Waals surface area contributed by atoms with Crippen molar-refractivity contribution < 1.29 is 14.6 Å². The van der Waals surface area contributed by atoms with Crippen LogP contribution in [-0.4, -0.2) is 41.2 Å². The number of hydrogen-bond donors (Lipinski definition) is 1. The molecule has 20 heavy (non-hydrogen) atoms. The number of hydrogen-bond acceptors (Lipinski definition) is 3. The highest BCUT2D eigenvalue weighted by atomic mass is 16.5. The summed E-state index contributed by atoms with van der Waals surface area (Å²) in [5.41, 5.74) is 0.807. The van der Waals surface area contributed by atoms with Crippen LogP contribution in [0.4, 0.5) is 0 Å². The molecular formula is C16H21NO3. The molecule has 1 saturated heterocycles. The van der Waals surface area contributed by atoms with Crippen LogP contribution in [0.2, 0.25) is 0 Å². The van der Waals surface area contributed by atoms with Gasteiger partial charge in [0.1, 0.15) is 5.75 Å². The van der Waals surface area contributed by atoms with Gasteiger partial charge in [0, 0.05) is 6.54 Å². The molecule has 108 valence electrons. The smallest absolute Gasteiger partial charge is 0.227 e. The monoisotopic (exact) mass is 275 g/mol. The Morgan fingerprint density at radius 3 is 2.90 bits per heavy atom. The lowest BCUT2D eigenvalue weighted by atomic mass is 9.94. The van der Waals surface area contributed by atoms with E-state index in [1.165, 1.54) is 12.8 Å². The first kappa shape index (κ1) is 13.4. The fraction of sp³-hybridized carbons (Fsp3) is 0.562. The Morgan fingerprint density at radius 2 is 2.15 bits per heavy atom. The standard InChI is InChI=1S/C16H21NO3/c18-14-5-3-4-13(10-14)11-15(19)17-8-9-20-12-16(17)6-1-2-7-16/h3-5,10,18H,1-2,6-9,11-12H2. The second-order valence-electron chi connectivity index (χ2n) is 5.88. The van der Waals surface area contributed by atoms with Gasteiger partial charge in [0.15, 0.2) is 0 Å². The minimum atomic E-state index is -0.0633. The van der Waals surface area contributed by atoms with Gasteiger partial charge >= 0.3 is 0 Å². The summed E-state index contributed by atoms with van der Waals surface area (Å²) in [6, 6.07) is 6.96. The highest BCUT2D eigenvalue weighted by Gasteiger charge is 2.44. The van der Waals surface area contributed by atoms with E-state index in [4.69, 9.17) is 4.74 Å². The van der Waals surface area contributed by atoms with Gasteiger partial charge in [-0.15, -0.1) is 0 Å². The molecule has 1 N–H and O–H groups in total. The third kappa shape index (κ3) is 2.52. The van der Waals surface area contributed by atoms with Gasteiger partial charge in [-0.2, -0.15) is 0 Å². The number of phenolic OH excluding ortho intramolecular Hbond substituents is 1. The molecule has 1 amide bonds. The van der Waals surface area contributed by atoms with Crippen molar-refractivity contribution in [2.75, 3.05) is 19.8 Å². The minimum Gasteiger partial charge on any atom is -0.508 e. The number of benzene rings is 1. The topological polar surface area (TPSA) is 49.8 Å². The van der Waals surface area contributed by atoms with Gasteiger partial charge in [0.2, 0.25) is 5.91 Å². The van der Waals surface area contributed by atoms with Crippen molar-refractivity contribution in [3.05, 3.63) is 29.8 Å². The zero-order chi connectivity index (χ0) is 14.0. The van der Waals surface area contributed by atoms with Crippen molar-refractivity contribution in [3.63, 3.8) is 0 Å². The predicted molar refractivity (Wildman–Crippen MR) is 75.5 cm³/mol. The SMILES string of the molecule is O=C(Cc1cccc(O)c1)N1CCOCC12CCCC2. The van der Waals surface area contributed by atoms with Crippen molar-refractivity contribution in [1.82, 2.24) is 4.90 Å². The van der Waals surface area contributed by atoms with Crippen LogP contribution in [0.3, 0.4) is 0 Å². The zero-order valence-electron chi connectivity index (χ0n) is 11.7. The zero-order valence-corrected chi connectivity index (χ0v) is 11.7. The molecule has 1 aromatic rings. The summed E-state index contributed by atoms with van der Waals surface area (Å²) >= 11 is 0. The Labute approximate surface area is 119 Å². The molecule has 3 rings (SSSR count). The van der Waals surface area contributed by atoms with Crippen molar-refractivity contribution in [2.24, 2.45) is 0 Å². The summed E-state index contributed by atoms with van der Waals surface area (Å²) in [7, 11) is 0. The number of amides is 1. The van der Waals surface area contributed by atoms with E-state index in [0.29, 0.717) is 26.2 Å². The first-order valence-corrected chi connectivity index (χ1v) is 7.36. The number of carbonyl (C=O) groups excluding carboxylic acids is 1. The van der Waals surface area contributed by atoms with Gasteiger partial charge in [-0.05, 0) is 30.5 Å². The second-order valence-corrected chi connectivity index (χ2v) is 5.88. The molecule has 0 unspecified atom stereocenters. The number of morpholine rings is 1. The lowest BCUT2D eigenvalue weighted by Gasteiger charge is -2.44. The molecule has 4 heteroatoms. The molecule has 1 spiro atoms. The number of rotatable bonds is 2. The Bertz CT molecular complexity index is 494. The first-order chi connectivity index (χ1) is 9.70. The number of aromatic hydroxyl groups is 1. The predicted octanol–water partition coefficient (Wildman–Crippen LogP) is 2.11. The van der Waals surface area contributed by atoms with E-state index < -0.39 is 0 Å². The van der Waals surface area contributed by atoms with Crippen molar-refractivity contribution >= 4 is 5.91 Å². The van der Waals surface area contributed by atoms with Crippen LogP contribution in [0.15, 0.2) is 24.3 Å². The van der Waals surface area contributed by atoms with Gasteiger partial charge in [-0.1, -0.05) is 25.0 Å². The van der Waals surface area contributed by atoms with Gasteiger partial charge in [-0.3, -0.25) is 4.79 Å². The summed E-state index contributed by atoms with van der Waals surface area (Å²) in [6.45, 7) is 2.00. The number of phenols is 1. The largest absolute Gasteiger partial charge is 0.508 e. The molecule has 0 atom stereocenters. The Kier molecular flexibility index (Phi) is 3.66. The summed E-state index contributed by atoms with van der Waals surface area (Å²) in [6.07, 6.45) is 4.83. The molecule has 1 saturated carbocycles. The maximum Gasteiger partial charge on any atom is 0.227 e. The van der Waals surface area contributed by atoms with E-state index in [0.717, 1.165) is 18.4 Å². The van der Waals surface area contributed by atoms with Crippen LogP contribution in [0, 0.1) is 0 Å². The maximum atomic E-state index is 12.6. The maximum absolute atomic E-state index is 12.6. The lowest BCUT2D eigenvalue weighted by molar-refractivity contribution is -0.148. The molecule has 1 aliphatic carbocycles. The Balaban J connectivity index is 1.75. The van der Waals surface area contributed by atoms with Crippen LogP contribution in [0.5, 0.6) is 5.75 Å². The highest BCUT2D eigenvalue weighted by molar-refractivity contribution is 5.80. The minimum absolute atomic E-state index is 0.0633. The molecule has 0 bridgehead atoms. The van der Waals surface area contributed by atoms with E-state index in [1.54, 1.807) is 18.2 Å². The van der Waals surface area contributed by atoms with Crippen LogP contribution in [0.25, 0.3) is 0 Å². The van der Waals surface area contributed by atoms with Gasteiger partial charge < -0.3 is 14.7 Å². The summed E-state index contributed by atoms with van der Waals surface area (Å²) in [4.78, 5) is 14.7. The fourth-order valence-corrected chi connectivity index (χ4v) is 3.51. The molecule has 1 aliphatic heterocycles. The lowest BCUT2D eigenvalue weighted by Crippen LogP contribution is -2.58. The van der Waals surface area contributed by atoms with Gasteiger partial charge in [0.05, 0.1) is 25.2 Å². The second kappa shape index (κ2) is 5.44. The Hall–Kier alpha value is -1.55. The van der Waals surface area contributed by atoms with Crippen LogP contribution in [-0.2, 0) is 16.0 Å². The number of ether oxygens (including phenoxy) is 1. The van der Waals surface area contributed by atoms with Crippen LogP contribution >= 0.6 is 0 Å². The molecule has 0 radical (unpaired) electrons. The molecule has 1 aromatic carbocycles. The first-order valence-electron chi connectivity index (χ1n) is 7.36. The normalized spacial score (nSPS) is 21.3. The van der Waals surface area contributed by atoms with E-state index in [2.05, 4.69) is 0 Å². The van der Waals surface area contributed by atoms with Crippen LogP contribution in [0.1, 0.15) is 31.2 Å². The van der Waals surface area contributed by atoms with Crippen molar-refractivity contribution in [2.45, 2.75) is 37.6 Å². The third-order valence-electron chi connectivity index (χ3n) is 4.50. The van der Waals surface area contributed by atoms with E-state index in [9.17, 15) is 9.90 Å². The van der Waals surface area contributed by atoms with Gasteiger partial charge in [0.25, 0.3) is 0 Å². The van der Waals surface area contributed by atoms with Crippen molar-refractivity contribution in [3.8, 4) is 5.75 Å². The molecule has 0 aromatic heterocycles. The number of nitrogens with zero attached hydrogens (tertiary/aromatic N) is 1. The summed E-state index contributed by atoms with van der Waals surface area (Å²) in [5, 5.41) is 9.50. The third-order valence-corrected chi connectivity index (χ3v) is 4.50. The summed E-state index contributed by atoms with van der Waals surface area (Å²) < 4.78 is 5.62. The molecule has 4 nitrogen and oxygen atoms in total. The molecule has 2 aliphatic rings. The van der Waals surface area contributed by atoms with Crippen LogP contribution < -0.4 is 0 Å². The van der Waals surface area contributed by atoms with Crippen molar-refractivity contribution in [1.29, 1.82) is 0 Å². The number of carbonyl (C=O) groups is 1. The molecular weight excluding hydrogens is 254 g/mol. The quantitative estimate of drug-likeness (QED) is 0.899. The fourth-order valence-electron chi connectivity index (χ4n) is 3.51. The van der Waals surface area contributed by atoms with E-state index in [-0.39, 0.29) is 17.2 Å².